The summed E-state index contributed by atoms with van der Waals surface area (Å²) in [6, 6.07) is 16.4. The second-order valence-electron chi connectivity index (χ2n) is 5.19. The Bertz CT molecular complexity index is 525. The molecule has 3 rings (SSSR count). The molecule has 0 saturated heterocycles. The molecule has 0 spiro atoms. The van der Waals surface area contributed by atoms with E-state index in [1.54, 1.807) is 0 Å². The van der Waals surface area contributed by atoms with E-state index in [0.717, 1.165) is 10.0 Å². The first-order valence-electron chi connectivity index (χ1n) is 6.76. The maximum absolute atomic E-state index is 6.36. The standard InChI is InChI=1S/C17H16Cl2/c18-16-10-3-1-6-14(16)12-8-5-9-13(12)15-7-2-4-11-17(15)19/h1-4,6-7,10-13H,5,8-9H2/t12-,13-/m1/s1. The third kappa shape index (κ3) is 2.52. The van der Waals surface area contributed by atoms with Crippen LogP contribution in [0.1, 0.15) is 42.2 Å². The lowest BCUT2D eigenvalue weighted by molar-refractivity contribution is 0.624. The van der Waals surface area contributed by atoms with E-state index >= 15 is 0 Å². The van der Waals surface area contributed by atoms with Crippen LogP contribution in [0, 0.1) is 0 Å². The third-order valence-corrected chi connectivity index (χ3v) is 4.81. The van der Waals surface area contributed by atoms with Crippen molar-refractivity contribution in [2.24, 2.45) is 0 Å². The monoisotopic (exact) mass is 290 g/mol. The van der Waals surface area contributed by atoms with Gasteiger partial charge in [0.1, 0.15) is 0 Å². The Balaban J connectivity index is 1.99. The van der Waals surface area contributed by atoms with Gasteiger partial charge in [-0.25, -0.2) is 0 Å². The van der Waals surface area contributed by atoms with Crippen molar-refractivity contribution >= 4 is 23.2 Å². The molecule has 1 aliphatic rings. The Hall–Kier alpha value is -0.980. The van der Waals surface area contributed by atoms with Crippen molar-refractivity contribution in [2.45, 2.75) is 31.1 Å². The number of hydrogen-bond donors (Lipinski definition) is 0. The number of halogens is 2. The zero-order valence-electron chi connectivity index (χ0n) is 10.7. The summed E-state index contributed by atoms with van der Waals surface area (Å²) in [4.78, 5) is 0. The smallest absolute Gasteiger partial charge is 0.0441 e. The lowest BCUT2D eigenvalue weighted by Gasteiger charge is -2.22. The highest BCUT2D eigenvalue weighted by molar-refractivity contribution is 6.31. The molecule has 0 N–H and O–H groups in total. The van der Waals surface area contributed by atoms with E-state index in [1.807, 2.05) is 24.3 Å². The molecule has 2 atom stereocenters. The fourth-order valence-electron chi connectivity index (χ4n) is 3.26. The van der Waals surface area contributed by atoms with Crippen LogP contribution in [-0.4, -0.2) is 0 Å². The fraction of sp³-hybridized carbons (Fsp3) is 0.294. The molecule has 1 fully saturated rings. The lowest BCUT2D eigenvalue weighted by atomic mass is 9.84. The minimum atomic E-state index is 0.494. The van der Waals surface area contributed by atoms with Crippen molar-refractivity contribution in [3.63, 3.8) is 0 Å². The van der Waals surface area contributed by atoms with Crippen molar-refractivity contribution in [3.8, 4) is 0 Å². The first-order valence-corrected chi connectivity index (χ1v) is 7.52. The van der Waals surface area contributed by atoms with Crippen molar-refractivity contribution in [1.82, 2.24) is 0 Å². The van der Waals surface area contributed by atoms with E-state index in [1.165, 1.54) is 30.4 Å². The van der Waals surface area contributed by atoms with Crippen LogP contribution < -0.4 is 0 Å². The topological polar surface area (TPSA) is 0 Å². The zero-order valence-corrected chi connectivity index (χ0v) is 12.2. The predicted octanol–water partition coefficient (Wildman–Crippen LogP) is 6.04. The van der Waals surface area contributed by atoms with Crippen LogP contribution in [0.2, 0.25) is 10.0 Å². The van der Waals surface area contributed by atoms with E-state index < -0.39 is 0 Å². The molecular formula is C17H16Cl2. The minimum Gasteiger partial charge on any atom is -0.0840 e. The molecule has 0 nitrogen and oxygen atoms in total. The van der Waals surface area contributed by atoms with Crippen molar-refractivity contribution in [3.05, 3.63) is 69.7 Å². The lowest BCUT2D eigenvalue weighted by Crippen LogP contribution is -2.06. The number of hydrogen-bond acceptors (Lipinski definition) is 0. The van der Waals surface area contributed by atoms with Gasteiger partial charge in [-0.2, -0.15) is 0 Å². The average Bonchev–Trinajstić information content (AvgIpc) is 2.89. The van der Waals surface area contributed by atoms with Gasteiger partial charge in [0, 0.05) is 10.0 Å². The summed E-state index contributed by atoms with van der Waals surface area (Å²) >= 11 is 12.7. The molecular weight excluding hydrogens is 275 g/mol. The van der Waals surface area contributed by atoms with E-state index in [4.69, 9.17) is 23.2 Å². The molecule has 0 amide bonds. The van der Waals surface area contributed by atoms with Crippen molar-refractivity contribution in [2.75, 3.05) is 0 Å². The molecule has 1 aliphatic carbocycles. The molecule has 0 heterocycles. The molecule has 0 aromatic heterocycles. The first kappa shape index (κ1) is 13.0. The summed E-state index contributed by atoms with van der Waals surface area (Å²) in [6.07, 6.45) is 3.63. The second kappa shape index (κ2) is 5.56. The summed E-state index contributed by atoms with van der Waals surface area (Å²) < 4.78 is 0. The highest BCUT2D eigenvalue weighted by atomic mass is 35.5. The molecule has 2 heteroatoms. The summed E-state index contributed by atoms with van der Waals surface area (Å²) in [5.41, 5.74) is 2.54. The van der Waals surface area contributed by atoms with Crippen LogP contribution in [-0.2, 0) is 0 Å². The van der Waals surface area contributed by atoms with Crippen molar-refractivity contribution < 1.29 is 0 Å². The second-order valence-corrected chi connectivity index (χ2v) is 6.00. The van der Waals surface area contributed by atoms with Crippen LogP contribution in [0.25, 0.3) is 0 Å². The first-order chi connectivity index (χ1) is 9.27. The van der Waals surface area contributed by atoms with E-state index in [2.05, 4.69) is 24.3 Å². The van der Waals surface area contributed by atoms with Gasteiger partial charge in [-0.05, 0) is 47.9 Å². The van der Waals surface area contributed by atoms with Gasteiger partial charge in [-0.1, -0.05) is 66.0 Å². The van der Waals surface area contributed by atoms with Gasteiger partial charge in [0.05, 0.1) is 0 Å². The highest BCUT2D eigenvalue weighted by Crippen LogP contribution is 2.48. The molecule has 0 unspecified atom stereocenters. The van der Waals surface area contributed by atoms with E-state index in [9.17, 15) is 0 Å². The molecule has 0 aliphatic heterocycles. The normalized spacial score (nSPS) is 22.6. The van der Waals surface area contributed by atoms with Gasteiger partial charge in [-0.15, -0.1) is 0 Å². The Morgan fingerprint density at radius 3 is 1.53 bits per heavy atom. The largest absolute Gasteiger partial charge is 0.0840 e. The van der Waals surface area contributed by atoms with Crippen molar-refractivity contribution in [1.29, 1.82) is 0 Å². The summed E-state index contributed by atoms with van der Waals surface area (Å²) in [5, 5.41) is 1.76. The Labute approximate surface area is 124 Å². The quantitative estimate of drug-likeness (QED) is 0.632. The summed E-state index contributed by atoms with van der Waals surface area (Å²) in [5.74, 6) is 0.988. The van der Waals surface area contributed by atoms with Crippen LogP contribution in [0.4, 0.5) is 0 Å². The molecule has 98 valence electrons. The molecule has 2 aromatic rings. The predicted molar refractivity (Wildman–Crippen MR) is 82.2 cm³/mol. The summed E-state index contributed by atoms with van der Waals surface area (Å²) in [6.45, 7) is 0. The SMILES string of the molecule is Clc1ccccc1[C@@H]1CCC[C@H]1c1ccccc1Cl. The van der Waals surface area contributed by atoms with Gasteiger partial charge >= 0.3 is 0 Å². The fourth-order valence-corrected chi connectivity index (χ4v) is 3.81. The maximum atomic E-state index is 6.36. The Morgan fingerprint density at radius 2 is 1.11 bits per heavy atom. The Kier molecular flexibility index (Phi) is 3.81. The van der Waals surface area contributed by atoms with Crippen LogP contribution in [0.3, 0.4) is 0 Å². The number of benzene rings is 2. The molecule has 0 bridgehead atoms. The third-order valence-electron chi connectivity index (χ3n) is 4.13. The maximum Gasteiger partial charge on any atom is 0.0441 e. The van der Waals surface area contributed by atoms with Gasteiger partial charge in [0.25, 0.3) is 0 Å². The Morgan fingerprint density at radius 1 is 0.684 bits per heavy atom. The van der Waals surface area contributed by atoms with E-state index in [0.29, 0.717) is 11.8 Å². The highest BCUT2D eigenvalue weighted by Gasteiger charge is 2.31. The van der Waals surface area contributed by atoms with Crippen LogP contribution >= 0.6 is 23.2 Å². The van der Waals surface area contributed by atoms with Gasteiger partial charge in [0.2, 0.25) is 0 Å². The average molecular weight is 291 g/mol. The summed E-state index contributed by atoms with van der Waals surface area (Å²) in [7, 11) is 0. The number of rotatable bonds is 2. The van der Waals surface area contributed by atoms with Crippen LogP contribution in [0.5, 0.6) is 0 Å². The minimum absolute atomic E-state index is 0.494. The molecule has 19 heavy (non-hydrogen) atoms. The molecule has 1 saturated carbocycles. The zero-order chi connectivity index (χ0) is 13.2. The van der Waals surface area contributed by atoms with E-state index in [-0.39, 0.29) is 0 Å². The van der Waals surface area contributed by atoms with Gasteiger partial charge in [0.15, 0.2) is 0 Å². The van der Waals surface area contributed by atoms with Gasteiger partial charge < -0.3 is 0 Å². The van der Waals surface area contributed by atoms with Crippen LogP contribution in [0.15, 0.2) is 48.5 Å². The molecule has 0 radical (unpaired) electrons. The van der Waals surface area contributed by atoms with Gasteiger partial charge in [-0.3, -0.25) is 0 Å². The molecule has 2 aromatic carbocycles.